The Balaban J connectivity index is 1.06. The van der Waals surface area contributed by atoms with Crippen molar-refractivity contribution in [3.8, 4) is 62.9 Å². The molecule has 9 aliphatic heterocycles. The number of phenols is 3. The van der Waals surface area contributed by atoms with E-state index >= 15 is 0 Å². The van der Waals surface area contributed by atoms with Crippen LogP contribution in [-0.4, -0.2) is 293 Å². The molecule has 0 saturated carbocycles. The lowest BCUT2D eigenvalue weighted by Gasteiger charge is -2.44. The zero-order valence-electron chi connectivity index (χ0n) is 66.1. The van der Waals surface area contributed by atoms with Crippen LogP contribution in [0.2, 0.25) is 10.0 Å². The topological polar surface area (TPSA) is 663 Å². The standard InChI is InChI=1S/C83H88Cl2N8O33/c1-30-70(116-2)44(87)27-54(117-30)123-71-35-12-17-48(42(85)21-35)119-51-23-36-22-50(72(51)126-83-73(68(105)66(103)53(29-95)122-83)124-55-26-43(86)64(101)81(115)125-55)118-38-13-8-32(9-14-38)62(99)60(92-79(112)63(100)34-11-16-47(98)41(84)20-34)77(110)88-45(18-31-6-4-3-5-7-31)74(107)89-58(36)76(109)90-57-33-10-15-46(97)39(19-33)56-40(59(80(113)114)91-78(111)61(71)93-75(57)108)24-37(96)25-49(56)120-82-69(106)67(104)65(102)52(28-94)121-82/h3-17,19-25,30,43-45,52-55,57-62,64-71,73,81-83,94-99,101-106,115H,18,26-29,86-87H2,1-2H3,(H,88,110)(H,89,107)(H,90,109)(H,91,111)(H,92,112)(H,93,108)(H,113,114)/t30-,43-,44-,45-,52+,53+,54-,55+,57+,58+,59-,60+,61-,62+,64+,65+,66+,67-,68-,69-,70-,71+,73+,81+,82-,83-/m0/s1. The quantitative estimate of drug-likeness (QED) is 0.0460. The molecule has 16 rings (SSSR count). The Morgan fingerprint density at radius 1 is 0.548 bits per heavy atom. The summed E-state index contributed by atoms with van der Waals surface area (Å²) in [4.78, 5) is 65.2. The summed E-state index contributed by atoms with van der Waals surface area (Å²) in [6, 6.07) is 10.5. The number of nitrogens with zero attached hydrogens (tertiary/aromatic N) is 5. The molecule has 11 bridgehead atoms. The number of benzene rings is 7. The highest BCUT2D eigenvalue weighted by atomic mass is 35.5. The van der Waals surface area contributed by atoms with Crippen molar-refractivity contribution in [1.82, 2.24) is 5.32 Å². The lowest BCUT2D eigenvalue weighted by Crippen LogP contribution is -2.63. The van der Waals surface area contributed by atoms with Gasteiger partial charge in [-0.15, -0.1) is 0 Å². The number of carbonyl (C=O) groups is 3. The van der Waals surface area contributed by atoms with Crippen molar-refractivity contribution in [3.05, 3.63) is 182 Å². The van der Waals surface area contributed by atoms with Crippen LogP contribution in [0.15, 0.2) is 158 Å². The molecule has 0 spiro atoms. The van der Waals surface area contributed by atoms with Crippen molar-refractivity contribution in [2.45, 2.75) is 185 Å². The third kappa shape index (κ3) is 19.1. The van der Waals surface area contributed by atoms with Crippen molar-refractivity contribution < 1.29 is 164 Å². The number of aliphatic hydroxyl groups is 15. The maximum absolute atomic E-state index is 14.3. The van der Waals surface area contributed by atoms with Gasteiger partial charge in [-0.3, -0.25) is 9.59 Å². The predicted molar refractivity (Wildman–Crippen MR) is 437 cm³/mol. The first-order chi connectivity index (χ1) is 60.1. The number of ketones is 1. The minimum absolute atomic E-state index is 0.152. The summed E-state index contributed by atoms with van der Waals surface area (Å²) in [6.45, 7) is -0.425. The van der Waals surface area contributed by atoms with E-state index in [1.807, 2.05) is 0 Å². The number of hydrogen-bond acceptors (Lipinski definition) is 34. The smallest absolute Gasteiger partial charge is 0.333 e. The highest BCUT2D eigenvalue weighted by molar-refractivity contribution is 6.44. The molecule has 0 aliphatic carbocycles. The Hall–Kier alpha value is -11.1. The average Bonchev–Trinajstić information content (AvgIpc) is 0.789. The number of aromatic hydroxyl groups is 3. The molecule has 672 valence electrons. The first-order valence-electron chi connectivity index (χ1n) is 39.1. The number of Topliss-reactive ketones (excluding diaryl/α,β-unsaturated/α-hetero) is 1. The number of fused-ring (bicyclic) bond motifs is 12. The molecule has 41 nitrogen and oxygen atoms in total. The van der Waals surface area contributed by atoms with Crippen LogP contribution < -0.4 is 35.7 Å². The van der Waals surface area contributed by atoms with Gasteiger partial charge < -0.3 is 166 Å². The van der Waals surface area contributed by atoms with E-state index in [0.717, 1.165) is 60.7 Å². The number of amides is 1. The molecule has 0 aromatic heterocycles. The highest BCUT2D eigenvalue weighted by Gasteiger charge is 2.52. The van der Waals surface area contributed by atoms with E-state index in [0.29, 0.717) is 5.56 Å². The van der Waals surface area contributed by atoms with E-state index in [-0.39, 0.29) is 40.3 Å². The van der Waals surface area contributed by atoms with E-state index < -0.39 is 305 Å². The molecule has 126 heavy (non-hydrogen) atoms. The van der Waals surface area contributed by atoms with Gasteiger partial charge in [0.1, 0.15) is 108 Å². The van der Waals surface area contributed by atoms with Gasteiger partial charge in [-0.1, -0.05) is 77.8 Å². The van der Waals surface area contributed by atoms with Gasteiger partial charge in [0, 0.05) is 66.8 Å². The van der Waals surface area contributed by atoms with Crippen molar-refractivity contribution in [1.29, 1.82) is 0 Å². The van der Waals surface area contributed by atoms with Gasteiger partial charge in [-0.05, 0) is 108 Å². The SMILES string of the molecule is CO[C@H]1[C@H](C)O[C@@H](O[C@@H]2c3ccc(c(Cl)c3)Oc3cc4cc(c3O[C@@H]3O[C@H](CO)[C@@H](O)[C@H](O)[C@H]3O[C@H]3C[C@H](N)[C@@H](O)[C@H](O)O3)Oc3ccc(cc3)[C@@H](O)[C@@H](NC(=O)C(=O)c3ccc(O)c(Cl)c3)C(O)=N[C@@H](Cc3ccccc3)C(O)=N[C@H]4C(O)=N[C@H]3C(O)=N[C@@H]2C(O)=N[C@H](C(=O)O)c2cc(O)cc(O[C@H]4O[C@H](CO)[C@@H](O)[C@H](O)[C@@H]4O)c2-c2cc3ccc2O)C[C@@H]1N. The number of methoxy groups -OCH3 is 1. The fourth-order valence-electron chi connectivity index (χ4n) is 15.4. The van der Waals surface area contributed by atoms with Gasteiger partial charge >= 0.3 is 5.97 Å². The maximum atomic E-state index is 14.3. The number of phenolic OH excluding ortho intramolecular Hbond substituents is 3. The monoisotopic (exact) mass is 1790 g/mol. The number of carboxylic acids is 1. The Kier molecular flexibility index (Phi) is 27.7. The van der Waals surface area contributed by atoms with Crippen molar-refractivity contribution >= 4 is 70.4 Å². The van der Waals surface area contributed by atoms with Crippen molar-refractivity contribution in [2.75, 3.05) is 20.3 Å². The van der Waals surface area contributed by atoms with Crippen LogP contribution in [0.5, 0.6) is 51.7 Å². The second-order valence-electron chi connectivity index (χ2n) is 30.5. The number of carbonyl (C=O) groups excluding carboxylic acids is 2. The van der Waals surface area contributed by atoms with Gasteiger partial charge in [0.2, 0.25) is 53.6 Å². The summed E-state index contributed by atoms with van der Waals surface area (Å²) < 4.78 is 69.1. The van der Waals surface area contributed by atoms with Crippen molar-refractivity contribution in [2.24, 2.45) is 36.4 Å². The number of aliphatic hydroxyl groups excluding tert-OH is 15. The lowest BCUT2D eigenvalue weighted by atomic mass is 9.90. The van der Waals surface area contributed by atoms with E-state index in [2.05, 4.69) is 25.3 Å². The Bertz CT molecular complexity index is 5320. The van der Waals surface area contributed by atoms with Gasteiger partial charge in [-0.2, -0.15) is 0 Å². The van der Waals surface area contributed by atoms with E-state index in [1.54, 1.807) is 37.3 Å². The minimum Gasteiger partial charge on any atom is -0.508 e. The number of nitrogens with two attached hydrogens (primary N) is 2. The zero-order chi connectivity index (χ0) is 90.3. The molecule has 43 heteroatoms. The third-order valence-corrected chi connectivity index (χ3v) is 22.6. The molecular formula is C83H88Cl2N8O33. The predicted octanol–water partition coefficient (Wildman–Crippen LogP) is 3.14. The molecule has 1 amide bonds. The lowest BCUT2D eigenvalue weighted by molar-refractivity contribution is -0.348. The molecule has 26 atom stereocenters. The van der Waals surface area contributed by atoms with Gasteiger partial charge in [0.15, 0.2) is 60.6 Å². The number of carboxylic acid groups (broad SMARTS) is 1. The number of aliphatic imine (C=N–C) groups is 5. The first kappa shape index (κ1) is 91.1. The second kappa shape index (κ2) is 38.2. The second-order valence-corrected chi connectivity index (χ2v) is 31.3. The maximum Gasteiger partial charge on any atom is 0.333 e. The molecule has 7 aromatic rings. The summed E-state index contributed by atoms with van der Waals surface area (Å²) in [5.41, 5.74) is 9.84. The third-order valence-electron chi connectivity index (χ3n) is 22.0. The zero-order valence-corrected chi connectivity index (χ0v) is 67.6. The number of aliphatic carboxylic acids is 1. The summed E-state index contributed by atoms with van der Waals surface area (Å²) in [5.74, 6) is -16.5. The van der Waals surface area contributed by atoms with Crippen LogP contribution in [0.1, 0.15) is 93.8 Å². The Labute approximate surface area is 723 Å². The summed E-state index contributed by atoms with van der Waals surface area (Å²) in [7, 11) is 1.38. The van der Waals surface area contributed by atoms with Crippen LogP contribution >= 0.6 is 23.2 Å². The fraction of sp³-hybridized carbons (Fsp3) is 0.398. The van der Waals surface area contributed by atoms with E-state index in [4.69, 9.17) is 91.8 Å². The number of halogens is 2. The normalized spacial score (nSPS) is 31.8. The Morgan fingerprint density at radius 2 is 1.18 bits per heavy atom. The van der Waals surface area contributed by atoms with Gasteiger partial charge in [-0.25, -0.2) is 29.8 Å². The molecule has 4 saturated heterocycles. The minimum atomic E-state index is -2.51. The number of rotatable bonds is 17. The summed E-state index contributed by atoms with van der Waals surface area (Å²) in [5, 5.41) is 225. The molecule has 9 heterocycles. The largest absolute Gasteiger partial charge is 0.508 e. The highest BCUT2D eigenvalue weighted by Crippen LogP contribution is 2.51. The number of nitrogens with one attached hydrogen (secondary N) is 1. The average molecular weight is 1800 g/mol. The molecule has 0 unspecified atom stereocenters. The Morgan fingerprint density at radius 3 is 1.85 bits per heavy atom. The number of hydrogen-bond donors (Lipinski definition) is 22. The molecule has 7 aromatic carbocycles. The van der Waals surface area contributed by atoms with Crippen LogP contribution in [0.25, 0.3) is 11.1 Å². The van der Waals surface area contributed by atoms with E-state index in [9.17, 15) is 111 Å². The summed E-state index contributed by atoms with van der Waals surface area (Å²) >= 11 is 13.6. The molecule has 4 fully saturated rings. The fourth-order valence-corrected chi connectivity index (χ4v) is 15.8. The van der Waals surface area contributed by atoms with Gasteiger partial charge in [0.05, 0.1) is 35.5 Å². The first-order valence-corrected chi connectivity index (χ1v) is 39.9. The van der Waals surface area contributed by atoms with Gasteiger partial charge in [0.25, 0.3) is 5.91 Å². The van der Waals surface area contributed by atoms with E-state index in [1.165, 1.54) is 49.6 Å². The molecular weight excluding hydrogens is 1710 g/mol. The molecule has 24 N–H and O–H groups in total. The van der Waals surface area contributed by atoms with Crippen LogP contribution in [0, 0.1) is 0 Å². The van der Waals surface area contributed by atoms with Crippen LogP contribution in [0.4, 0.5) is 0 Å². The van der Waals surface area contributed by atoms with Crippen LogP contribution in [-0.2, 0) is 49.2 Å². The molecule has 9 aliphatic rings. The van der Waals surface area contributed by atoms with Crippen LogP contribution in [0.3, 0.4) is 0 Å². The van der Waals surface area contributed by atoms with Crippen molar-refractivity contribution in [3.63, 3.8) is 0 Å². The number of ether oxygens (including phenoxy) is 11. The molecule has 0 radical (unpaired) electrons. The summed E-state index contributed by atoms with van der Waals surface area (Å²) in [6.07, 6.45) is -33.7.